The lowest BCUT2D eigenvalue weighted by molar-refractivity contribution is 0.00410. The monoisotopic (exact) mass is 424 g/mol. The van der Waals surface area contributed by atoms with Crippen molar-refractivity contribution >= 4 is 43.2 Å². The Balaban J connectivity index is 1.80. The molecule has 0 aromatic rings. The van der Waals surface area contributed by atoms with Crippen molar-refractivity contribution in [1.82, 2.24) is 0 Å². The number of hydrogen-bond acceptors (Lipinski definition) is 6. The Morgan fingerprint density at radius 3 is 2.04 bits per heavy atom. The Labute approximate surface area is 171 Å². The Morgan fingerprint density at radius 1 is 0.800 bits per heavy atom. The summed E-state index contributed by atoms with van der Waals surface area (Å²) in [6.45, 7) is 15.9. The van der Waals surface area contributed by atoms with Gasteiger partial charge in [0.25, 0.3) is 0 Å². The second-order valence-electron chi connectivity index (χ2n) is 8.27. The molecule has 0 aromatic carbocycles. The predicted molar refractivity (Wildman–Crippen MR) is 119 cm³/mol. The molecule has 2 aliphatic heterocycles. The normalized spacial score (nSPS) is 35.0. The zero-order valence-electron chi connectivity index (χ0n) is 16.8. The van der Waals surface area contributed by atoms with Gasteiger partial charge in [0, 0.05) is 16.4 Å². The van der Waals surface area contributed by atoms with Crippen molar-refractivity contribution in [3.05, 3.63) is 0 Å². The van der Waals surface area contributed by atoms with Gasteiger partial charge in [0.05, 0.1) is 12.2 Å². The molecule has 2 rings (SSSR count). The molecule has 6 atom stereocenters. The Morgan fingerprint density at radius 2 is 1.52 bits per heavy atom. The van der Waals surface area contributed by atoms with E-state index < -0.39 is 0 Å². The molecule has 6 heteroatoms. The summed E-state index contributed by atoms with van der Waals surface area (Å²) >= 11 is 0. The largest absolute Gasteiger partial charge is 0.364 e. The maximum atomic E-state index is 6.40. The molecule has 25 heavy (non-hydrogen) atoms. The molecule has 0 N–H and O–H groups in total. The maximum Gasteiger partial charge on any atom is 0.117 e. The van der Waals surface area contributed by atoms with Crippen LogP contribution in [0.25, 0.3) is 0 Å². The molecular weight excluding hydrogens is 388 g/mol. The lowest BCUT2D eigenvalue weighted by Crippen LogP contribution is -2.33. The first-order valence-electron chi connectivity index (χ1n) is 9.73. The molecule has 2 nitrogen and oxygen atoms in total. The molecule has 0 bridgehead atoms. The third-order valence-electron chi connectivity index (χ3n) is 4.86. The number of hydrogen-bond donors (Lipinski definition) is 0. The van der Waals surface area contributed by atoms with Gasteiger partial charge < -0.3 is 9.47 Å². The quantitative estimate of drug-likeness (QED) is 0.384. The van der Waals surface area contributed by atoms with Crippen LogP contribution in [-0.2, 0) is 9.47 Å². The molecule has 2 fully saturated rings. The van der Waals surface area contributed by atoms with Crippen molar-refractivity contribution in [3.8, 4) is 0 Å². The zero-order valence-corrected chi connectivity index (χ0v) is 20.0. The third kappa shape index (κ3) is 7.01. The summed E-state index contributed by atoms with van der Waals surface area (Å²) in [7, 11) is 7.96. The summed E-state index contributed by atoms with van der Waals surface area (Å²) in [5, 5.41) is 1.43. The van der Waals surface area contributed by atoms with E-state index in [9.17, 15) is 0 Å². The summed E-state index contributed by atoms with van der Waals surface area (Å²) in [6.07, 6.45) is 4.25. The average molecular weight is 425 g/mol. The first-order chi connectivity index (χ1) is 11.8. The van der Waals surface area contributed by atoms with Gasteiger partial charge >= 0.3 is 0 Å². The lowest BCUT2D eigenvalue weighted by atomic mass is 9.90. The maximum absolute atomic E-state index is 6.40. The summed E-state index contributed by atoms with van der Waals surface area (Å²) < 4.78 is 12.6. The summed E-state index contributed by atoms with van der Waals surface area (Å²) in [5.74, 6) is 2.03. The van der Waals surface area contributed by atoms with Crippen LogP contribution in [0.15, 0.2) is 0 Å². The van der Waals surface area contributed by atoms with E-state index in [0.29, 0.717) is 40.2 Å². The summed E-state index contributed by atoms with van der Waals surface area (Å²) in [6, 6.07) is 0. The minimum Gasteiger partial charge on any atom is -0.364 e. The number of rotatable bonds is 8. The molecular formula is C19H36O2S4. The fourth-order valence-electron chi connectivity index (χ4n) is 3.46. The first-order valence-corrected chi connectivity index (χ1v) is 14.3. The Bertz CT molecular complexity index is 384. The minimum atomic E-state index is 0.302. The molecule has 2 heterocycles. The number of ether oxygens (including phenoxy) is 2. The van der Waals surface area contributed by atoms with Gasteiger partial charge in [-0.05, 0) is 51.9 Å². The summed E-state index contributed by atoms with van der Waals surface area (Å²) in [4.78, 5) is 0. The standard InChI is InChI=1S/C19H36O2S4/c1-11(2)15-8-9-17(24-22-15)21-14(7)10-16-18(12(3)4)19(25-23-16)20-13(5)6/h11-19H,8-10H2,1-7H3. The van der Waals surface area contributed by atoms with E-state index in [4.69, 9.17) is 9.47 Å². The van der Waals surface area contributed by atoms with Crippen molar-refractivity contribution in [2.75, 3.05) is 0 Å². The van der Waals surface area contributed by atoms with Gasteiger partial charge in [-0.1, -0.05) is 70.9 Å². The second kappa shape index (κ2) is 10.8. The fraction of sp³-hybridized carbons (Fsp3) is 1.00. The SMILES string of the molecule is CC(C)OC1SSC(CC(C)OC2CCC(C(C)C)SS2)C1C(C)C. The minimum absolute atomic E-state index is 0.302. The van der Waals surface area contributed by atoms with E-state index in [2.05, 4.69) is 48.5 Å². The predicted octanol–water partition coefficient (Wildman–Crippen LogP) is 7.09. The van der Waals surface area contributed by atoms with Crippen LogP contribution in [0.4, 0.5) is 0 Å². The molecule has 0 amide bonds. The van der Waals surface area contributed by atoms with E-state index >= 15 is 0 Å². The van der Waals surface area contributed by atoms with Crippen molar-refractivity contribution < 1.29 is 9.47 Å². The van der Waals surface area contributed by atoms with Crippen LogP contribution < -0.4 is 0 Å². The van der Waals surface area contributed by atoms with E-state index in [0.717, 1.165) is 17.6 Å². The molecule has 148 valence electrons. The molecule has 0 aromatic heterocycles. The van der Waals surface area contributed by atoms with E-state index in [1.54, 1.807) is 0 Å². The van der Waals surface area contributed by atoms with Crippen LogP contribution in [0.5, 0.6) is 0 Å². The van der Waals surface area contributed by atoms with Crippen molar-refractivity contribution in [1.29, 1.82) is 0 Å². The second-order valence-corrected chi connectivity index (χ2v) is 13.6. The highest BCUT2D eigenvalue weighted by Gasteiger charge is 2.41. The van der Waals surface area contributed by atoms with Crippen molar-refractivity contribution in [3.63, 3.8) is 0 Å². The first kappa shape index (κ1) is 22.6. The van der Waals surface area contributed by atoms with Gasteiger partial charge in [-0.2, -0.15) is 0 Å². The Kier molecular flexibility index (Phi) is 9.72. The van der Waals surface area contributed by atoms with E-state index in [1.807, 2.05) is 43.2 Å². The Hall–Kier alpha value is 1.32. The van der Waals surface area contributed by atoms with Crippen molar-refractivity contribution in [2.24, 2.45) is 17.8 Å². The fourth-order valence-corrected chi connectivity index (χ4v) is 10.9. The molecule has 2 aliphatic rings. The van der Waals surface area contributed by atoms with Gasteiger partial charge in [0.1, 0.15) is 10.9 Å². The van der Waals surface area contributed by atoms with Gasteiger partial charge in [-0.25, -0.2) is 0 Å². The molecule has 2 saturated heterocycles. The topological polar surface area (TPSA) is 18.5 Å². The molecule has 0 radical (unpaired) electrons. The van der Waals surface area contributed by atoms with E-state index in [-0.39, 0.29) is 0 Å². The highest BCUT2D eigenvalue weighted by Crippen LogP contribution is 2.53. The summed E-state index contributed by atoms with van der Waals surface area (Å²) in [5.41, 5.74) is 0.697. The van der Waals surface area contributed by atoms with Crippen molar-refractivity contribution in [2.45, 2.75) is 101 Å². The van der Waals surface area contributed by atoms with Crippen LogP contribution in [0.2, 0.25) is 0 Å². The highest BCUT2D eigenvalue weighted by molar-refractivity contribution is 8.77. The van der Waals surface area contributed by atoms with Crippen LogP contribution in [-0.4, -0.2) is 33.6 Å². The average Bonchev–Trinajstić information content (AvgIpc) is 2.89. The van der Waals surface area contributed by atoms with Gasteiger partial charge in [0.2, 0.25) is 0 Å². The highest BCUT2D eigenvalue weighted by atomic mass is 33.1. The van der Waals surface area contributed by atoms with E-state index in [1.165, 1.54) is 12.8 Å². The molecule has 0 spiro atoms. The van der Waals surface area contributed by atoms with Gasteiger partial charge in [-0.3, -0.25) is 0 Å². The van der Waals surface area contributed by atoms with Crippen LogP contribution in [0, 0.1) is 17.8 Å². The van der Waals surface area contributed by atoms with Crippen LogP contribution in [0.1, 0.15) is 67.7 Å². The molecule has 0 saturated carbocycles. The lowest BCUT2D eigenvalue weighted by Gasteiger charge is -2.33. The zero-order chi connectivity index (χ0) is 18.6. The smallest absolute Gasteiger partial charge is 0.117 e. The van der Waals surface area contributed by atoms with Gasteiger partial charge in [0.15, 0.2) is 0 Å². The van der Waals surface area contributed by atoms with Gasteiger partial charge in [-0.15, -0.1) is 0 Å². The third-order valence-corrected chi connectivity index (χ3v) is 11.4. The molecule has 0 aliphatic carbocycles. The molecule has 6 unspecified atom stereocenters. The van der Waals surface area contributed by atoms with Crippen LogP contribution >= 0.6 is 43.2 Å². The van der Waals surface area contributed by atoms with Crippen LogP contribution in [0.3, 0.4) is 0 Å².